The van der Waals surface area contributed by atoms with E-state index in [1.807, 2.05) is 13.8 Å². The van der Waals surface area contributed by atoms with E-state index in [0.717, 1.165) is 0 Å². The van der Waals surface area contributed by atoms with Crippen molar-refractivity contribution in [3.63, 3.8) is 0 Å². The first-order valence-corrected chi connectivity index (χ1v) is 7.32. The third-order valence-electron chi connectivity index (χ3n) is 3.27. The second kappa shape index (κ2) is 8.21. The van der Waals surface area contributed by atoms with Crippen molar-refractivity contribution >= 4 is 11.8 Å². The maximum atomic E-state index is 12.2. The number of carbonyl (C=O) groups is 2. The quantitative estimate of drug-likeness (QED) is 0.720. The molecule has 1 rings (SSSR count). The topological polar surface area (TPSA) is 70.7 Å². The van der Waals surface area contributed by atoms with Crippen molar-refractivity contribution in [1.82, 2.24) is 15.5 Å². The predicted octanol–water partition coefficient (Wildman–Crippen LogP) is -0.0160. The molecule has 20 heavy (non-hydrogen) atoms. The van der Waals surface area contributed by atoms with E-state index in [0.29, 0.717) is 38.8 Å². The number of hydrogen-bond acceptors (Lipinski definition) is 4. The minimum Gasteiger partial charge on any atom is -0.378 e. The molecule has 0 bridgehead atoms. The van der Waals surface area contributed by atoms with Crippen LogP contribution < -0.4 is 10.6 Å². The monoisotopic (exact) mass is 285 g/mol. The van der Waals surface area contributed by atoms with Crippen LogP contribution in [0.15, 0.2) is 0 Å². The molecule has 1 heterocycles. The molecule has 1 saturated heterocycles. The molecule has 2 N–H and O–H groups in total. The number of amides is 2. The SMILES string of the molecule is CC(C)CNC(=O)C(C)NC(C)C(=O)N1CCOCC1. The minimum atomic E-state index is -0.381. The van der Waals surface area contributed by atoms with E-state index in [-0.39, 0.29) is 23.9 Å². The summed E-state index contributed by atoms with van der Waals surface area (Å²) in [6.07, 6.45) is 0. The average molecular weight is 285 g/mol. The third-order valence-corrected chi connectivity index (χ3v) is 3.27. The van der Waals surface area contributed by atoms with E-state index in [2.05, 4.69) is 10.6 Å². The zero-order chi connectivity index (χ0) is 15.1. The van der Waals surface area contributed by atoms with Crippen LogP contribution in [0.3, 0.4) is 0 Å². The minimum absolute atomic E-state index is 0.0248. The molecule has 0 aromatic carbocycles. The van der Waals surface area contributed by atoms with Gasteiger partial charge in [0.2, 0.25) is 11.8 Å². The van der Waals surface area contributed by atoms with Crippen LogP contribution in [0.2, 0.25) is 0 Å². The van der Waals surface area contributed by atoms with Crippen LogP contribution in [0.4, 0.5) is 0 Å². The fourth-order valence-corrected chi connectivity index (χ4v) is 2.04. The number of rotatable bonds is 6. The maximum absolute atomic E-state index is 12.2. The van der Waals surface area contributed by atoms with Crippen molar-refractivity contribution in [2.45, 2.75) is 39.8 Å². The molecule has 0 aromatic rings. The Labute approximate surface area is 121 Å². The summed E-state index contributed by atoms with van der Waals surface area (Å²) >= 11 is 0. The molecule has 1 aliphatic rings. The molecule has 1 aliphatic heterocycles. The van der Waals surface area contributed by atoms with Gasteiger partial charge in [0.25, 0.3) is 0 Å². The number of carbonyl (C=O) groups excluding carboxylic acids is 2. The van der Waals surface area contributed by atoms with Gasteiger partial charge in [-0.3, -0.25) is 14.9 Å². The van der Waals surface area contributed by atoms with Gasteiger partial charge >= 0.3 is 0 Å². The first-order chi connectivity index (χ1) is 9.41. The van der Waals surface area contributed by atoms with E-state index in [4.69, 9.17) is 4.74 Å². The van der Waals surface area contributed by atoms with Crippen LogP contribution in [0.25, 0.3) is 0 Å². The molecule has 0 radical (unpaired) electrons. The highest BCUT2D eigenvalue weighted by molar-refractivity contribution is 5.84. The maximum Gasteiger partial charge on any atom is 0.239 e. The molecule has 0 spiro atoms. The van der Waals surface area contributed by atoms with Crippen LogP contribution in [0.1, 0.15) is 27.7 Å². The van der Waals surface area contributed by atoms with Crippen LogP contribution in [0, 0.1) is 5.92 Å². The van der Waals surface area contributed by atoms with Gasteiger partial charge in [0.1, 0.15) is 0 Å². The lowest BCUT2D eigenvalue weighted by Crippen LogP contribution is -2.54. The van der Waals surface area contributed by atoms with E-state index in [1.54, 1.807) is 18.7 Å². The summed E-state index contributed by atoms with van der Waals surface area (Å²) < 4.78 is 5.22. The summed E-state index contributed by atoms with van der Waals surface area (Å²) in [6, 6.07) is -0.748. The van der Waals surface area contributed by atoms with Crippen molar-refractivity contribution in [1.29, 1.82) is 0 Å². The fraction of sp³-hybridized carbons (Fsp3) is 0.857. The predicted molar refractivity (Wildman–Crippen MR) is 77.3 cm³/mol. The molecular formula is C14H27N3O3. The molecule has 2 unspecified atom stereocenters. The van der Waals surface area contributed by atoms with E-state index in [9.17, 15) is 9.59 Å². The van der Waals surface area contributed by atoms with Crippen molar-refractivity contribution in [2.75, 3.05) is 32.8 Å². The Balaban J connectivity index is 2.37. The summed E-state index contributed by atoms with van der Waals surface area (Å²) in [7, 11) is 0. The van der Waals surface area contributed by atoms with Crippen molar-refractivity contribution in [3.05, 3.63) is 0 Å². The number of ether oxygens (including phenoxy) is 1. The van der Waals surface area contributed by atoms with Gasteiger partial charge in [0, 0.05) is 19.6 Å². The molecule has 116 valence electrons. The summed E-state index contributed by atoms with van der Waals surface area (Å²) in [4.78, 5) is 25.8. The van der Waals surface area contributed by atoms with Crippen LogP contribution in [-0.4, -0.2) is 61.6 Å². The zero-order valence-corrected chi connectivity index (χ0v) is 12.9. The van der Waals surface area contributed by atoms with E-state index < -0.39 is 0 Å². The fourth-order valence-electron chi connectivity index (χ4n) is 2.04. The number of nitrogens with zero attached hydrogens (tertiary/aromatic N) is 1. The van der Waals surface area contributed by atoms with Gasteiger partial charge < -0.3 is 15.0 Å². The van der Waals surface area contributed by atoms with Crippen molar-refractivity contribution in [2.24, 2.45) is 5.92 Å². The van der Waals surface area contributed by atoms with Crippen LogP contribution in [0.5, 0.6) is 0 Å². The van der Waals surface area contributed by atoms with Gasteiger partial charge in [-0.2, -0.15) is 0 Å². The first-order valence-electron chi connectivity index (χ1n) is 7.32. The molecule has 0 saturated carbocycles. The van der Waals surface area contributed by atoms with Gasteiger partial charge in [-0.05, 0) is 19.8 Å². The lowest BCUT2D eigenvalue weighted by Gasteiger charge is -2.30. The Morgan fingerprint density at radius 1 is 1.10 bits per heavy atom. The van der Waals surface area contributed by atoms with Crippen LogP contribution >= 0.6 is 0 Å². The van der Waals surface area contributed by atoms with Crippen LogP contribution in [-0.2, 0) is 14.3 Å². The molecular weight excluding hydrogens is 258 g/mol. The normalized spacial score (nSPS) is 18.8. The molecule has 1 fully saturated rings. The third kappa shape index (κ3) is 5.46. The van der Waals surface area contributed by atoms with Gasteiger partial charge in [-0.1, -0.05) is 13.8 Å². The Kier molecular flexibility index (Phi) is 6.95. The molecule has 2 amide bonds. The Hall–Kier alpha value is -1.14. The highest BCUT2D eigenvalue weighted by Gasteiger charge is 2.25. The smallest absolute Gasteiger partial charge is 0.239 e. The Morgan fingerprint density at radius 2 is 1.70 bits per heavy atom. The van der Waals surface area contributed by atoms with Crippen molar-refractivity contribution < 1.29 is 14.3 Å². The molecule has 0 aliphatic carbocycles. The summed E-state index contributed by atoms with van der Waals surface area (Å²) in [5.41, 5.74) is 0. The summed E-state index contributed by atoms with van der Waals surface area (Å²) in [5.74, 6) is 0.371. The van der Waals surface area contributed by atoms with E-state index >= 15 is 0 Å². The summed E-state index contributed by atoms with van der Waals surface area (Å²) in [5, 5.41) is 5.92. The van der Waals surface area contributed by atoms with E-state index in [1.165, 1.54) is 0 Å². The summed E-state index contributed by atoms with van der Waals surface area (Å²) in [6.45, 7) is 10.7. The van der Waals surface area contributed by atoms with Gasteiger partial charge in [-0.15, -0.1) is 0 Å². The molecule has 2 atom stereocenters. The number of hydrogen-bond donors (Lipinski definition) is 2. The highest BCUT2D eigenvalue weighted by Crippen LogP contribution is 2.01. The average Bonchev–Trinajstić information content (AvgIpc) is 2.44. The standard InChI is InChI=1S/C14H27N3O3/c1-10(2)9-15-13(18)11(3)16-12(4)14(19)17-5-7-20-8-6-17/h10-12,16H,5-9H2,1-4H3,(H,15,18). The lowest BCUT2D eigenvalue weighted by molar-refractivity contribution is -0.137. The van der Waals surface area contributed by atoms with Gasteiger partial charge in [-0.25, -0.2) is 0 Å². The highest BCUT2D eigenvalue weighted by atomic mass is 16.5. The first kappa shape index (κ1) is 16.9. The molecule has 0 aromatic heterocycles. The zero-order valence-electron chi connectivity index (χ0n) is 12.9. The van der Waals surface area contributed by atoms with Crippen molar-refractivity contribution in [3.8, 4) is 0 Å². The molecule has 6 heteroatoms. The second-order valence-electron chi connectivity index (χ2n) is 5.69. The number of morpholine rings is 1. The van der Waals surface area contributed by atoms with Gasteiger partial charge in [0.15, 0.2) is 0 Å². The Morgan fingerprint density at radius 3 is 2.25 bits per heavy atom. The number of nitrogens with one attached hydrogen (secondary N) is 2. The molecule has 6 nitrogen and oxygen atoms in total. The van der Waals surface area contributed by atoms with Gasteiger partial charge in [0.05, 0.1) is 25.3 Å². The Bertz CT molecular complexity index is 328. The second-order valence-corrected chi connectivity index (χ2v) is 5.69. The lowest BCUT2D eigenvalue weighted by atomic mass is 10.2. The largest absolute Gasteiger partial charge is 0.378 e.